The van der Waals surface area contributed by atoms with Crippen LogP contribution in [0.5, 0.6) is 0 Å². The number of hydrogen-bond acceptors (Lipinski definition) is 3. The minimum absolute atomic E-state index is 0.212. The number of carbonyl (C=O) groups excluding carboxylic acids is 2. The number of aliphatic carboxylic acids is 1. The Bertz CT molecular complexity index is 392. The van der Waals surface area contributed by atoms with Gasteiger partial charge < -0.3 is 14.9 Å². The van der Waals surface area contributed by atoms with Crippen LogP contribution in [0, 0.1) is 5.92 Å². The lowest BCUT2D eigenvalue weighted by atomic mass is 9.85. The first-order chi connectivity index (χ1) is 8.99. The summed E-state index contributed by atoms with van der Waals surface area (Å²) in [5, 5.41) is 8.90. The van der Waals surface area contributed by atoms with Crippen molar-refractivity contribution in [1.29, 1.82) is 0 Å². The molecule has 1 N–H and O–H groups in total. The Balaban J connectivity index is 2.04. The van der Waals surface area contributed by atoms with Gasteiger partial charge in [0.1, 0.15) is 6.04 Å². The molecule has 0 aromatic rings. The summed E-state index contributed by atoms with van der Waals surface area (Å²) in [5.41, 5.74) is 0. The second kappa shape index (κ2) is 5.59. The van der Waals surface area contributed by atoms with Crippen LogP contribution in [-0.4, -0.2) is 58.4 Å². The van der Waals surface area contributed by atoms with Gasteiger partial charge in [0.25, 0.3) is 0 Å². The van der Waals surface area contributed by atoms with Crippen molar-refractivity contribution < 1.29 is 19.5 Å². The standard InChI is InChI=1S/C13H20N2O4/c1-9(16)15-6-5-14(8-10-3-2-4-10)13(19)11(15)7-12(17)18/h10-11H,2-8H2,1H3,(H,17,18). The molecule has 0 bridgehead atoms. The fourth-order valence-electron chi connectivity index (χ4n) is 2.75. The minimum atomic E-state index is -1.05. The minimum Gasteiger partial charge on any atom is -0.481 e. The van der Waals surface area contributed by atoms with Crippen molar-refractivity contribution in [3.05, 3.63) is 0 Å². The van der Waals surface area contributed by atoms with E-state index in [-0.39, 0.29) is 18.2 Å². The summed E-state index contributed by atoms with van der Waals surface area (Å²) in [6, 6.07) is -0.830. The predicted molar refractivity (Wildman–Crippen MR) is 67.3 cm³/mol. The van der Waals surface area contributed by atoms with Crippen molar-refractivity contribution >= 4 is 17.8 Å². The van der Waals surface area contributed by atoms with Crippen LogP contribution in [0.2, 0.25) is 0 Å². The van der Waals surface area contributed by atoms with Crippen LogP contribution in [0.15, 0.2) is 0 Å². The molecular weight excluding hydrogens is 248 g/mol. The molecule has 2 amide bonds. The van der Waals surface area contributed by atoms with Gasteiger partial charge >= 0.3 is 5.97 Å². The molecule has 2 rings (SSSR count). The number of carboxylic acid groups (broad SMARTS) is 1. The Morgan fingerprint density at radius 1 is 1.32 bits per heavy atom. The average molecular weight is 268 g/mol. The van der Waals surface area contributed by atoms with Crippen molar-refractivity contribution in [3.8, 4) is 0 Å². The summed E-state index contributed by atoms with van der Waals surface area (Å²) in [4.78, 5) is 37.8. The fourth-order valence-corrected chi connectivity index (χ4v) is 2.75. The summed E-state index contributed by atoms with van der Waals surface area (Å²) in [6.07, 6.45) is 3.19. The Labute approximate surface area is 112 Å². The highest BCUT2D eigenvalue weighted by atomic mass is 16.4. The lowest BCUT2D eigenvalue weighted by molar-refractivity contribution is -0.155. The molecule has 2 fully saturated rings. The Kier molecular flexibility index (Phi) is 4.07. The van der Waals surface area contributed by atoms with E-state index in [9.17, 15) is 14.4 Å². The number of hydrogen-bond donors (Lipinski definition) is 1. The van der Waals surface area contributed by atoms with E-state index < -0.39 is 12.0 Å². The van der Waals surface area contributed by atoms with Gasteiger partial charge in [-0.1, -0.05) is 6.42 Å². The van der Waals surface area contributed by atoms with E-state index in [1.54, 1.807) is 4.90 Å². The predicted octanol–water partition coefficient (Wildman–Crippen LogP) is 0.320. The van der Waals surface area contributed by atoms with E-state index in [0.29, 0.717) is 25.6 Å². The topological polar surface area (TPSA) is 77.9 Å². The maximum Gasteiger partial charge on any atom is 0.305 e. The first-order valence-electron chi connectivity index (χ1n) is 6.77. The van der Waals surface area contributed by atoms with Gasteiger partial charge in [-0.25, -0.2) is 0 Å². The Morgan fingerprint density at radius 3 is 2.47 bits per heavy atom. The number of carboxylic acids is 1. The first-order valence-corrected chi connectivity index (χ1v) is 6.77. The van der Waals surface area contributed by atoms with Crippen LogP contribution < -0.4 is 0 Å². The van der Waals surface area contributed by atoms with Crippen molar-refractivity contribution in [1.82, 2.24) is 9.80 Å². The quantitative estimate of drug-likeness (QED) is 0.796. The van der Waals surface area contributed by atoms with Gasteiger partial charge in [0.05, 0.1) is 6.42 Å². The number of carbonyl (C=O) groups is 3. The molecule has 0 spiro atoms. The highest BCUT2D eigenvalue weighted by Gasteiger charge is 2.38. The molecule has 1 aliphatic heterocycles. The maximum absolute atomic E-state index is 12.3. The average Bonchev–Trinajstić information content (AvgIpc) is 2.26. The first kappa shape index (κ1) is 13.8. The van der Waals surface area contributed by atoms with E-state index >= 15 is 0 Å². The van der Waals surface area contributed by atoms with Gasteiger partial charge in [0, 0.05) is 26.6 Å². The third-order valence-electron chi connectivity index (χ3n) is 4.06. The van der Waals surface area contributed by atoms with Crippen LogP contribution in [0.3, 0.4) is 0 Å². The van der Waals surface area contributed by atoms with E-state index in [0.717, 1.165) is 12.8 Å². The summed E-state index contributed by atoms with van der Waals surface area (Å²) in [7, 11) is 0. The summed E-state index contributed by atoms with van der Waals surface area (Å²) in [6.45, 7) is 3.04. The molecule has 1 saturated heterocycles. The van der Waals surface area contributed by atoms with E-state index in [4.69, 9.17) is 5.11 Å². The lowest BCUT2D eigenvalue weighted by Gasteiger charge is -2.42. The molecule has 19 heavy (non-hydrogen) atoms. The van der Waals surface area contributed by atoms with Gasteiger partial charge in [-0.05, 0) is 18.8 Å². The number of nitrogens with zero attached hydrogens (tertiary/aromatic N) is 2. The third-order valence-corrected chi connectivity index (χ3v) is 4.06. The smallest absolute Gasteiger partial charge is 0.305 e. The zero-order valence-corrected chi connectivity index (χ0v) is 11.2. The fraction of sp³-hybridized carbons (Fsp3) is 0.769. The highest BCUT2D eigenvalue weighted by molar-refractivity contribution is 5.91. The summed E-state index contributed by atoms with van der Waals surface area (Å²) >= 11 is 0. The van der Waals surface area contributed by atoms with Gasteiger partial charge in [-0.15, -0.1) is 0 Å². The molecule has 6 heteroatoms. The molecular formula is C13H20N2O4. The molecule has 1 atom stereocenters. The molecule has 0 aromatic heterocycles. The van der Waals surface area contributed by atoms with Crippen LogP contribution in [0.1, 0.15) is 32.6 Å². The van der Waals surface area contributed by atoms with Crippen molar-refractivity contribution in [2.24, 2.45) is 5.92 Å². The monoisotopic (exact) mass is 268 g/mol. The summed E-state index contributed by atoms with van der Waals surface area (Å²) < 4.78 is 0. The van der Waals surface area contributed by atoms with Crippen LogP contribution in [0.4, 0.5) is 0 Å². The van der Waals surface area contributed by atoms with Gasteiger partial charge in [-0.2, -0.15) is 0 Å². The Hall–Kier alpha value is -1.59. The molecule has 1 aliphatic carbocycles. The molecule has 0 aromatic carbocycles. The second-order valence-electron chi connectivity index (χ2n) is 5.41. The molecule has 1 heterocycles. The van der Waals surface area contributed by atoms with Crippen molar-refractivity contribution in [2.75, 3.05) is 19.6 Å². The lowest BCUT2D eigenvalue weighted by Crippen LogP contribution is -2.59. The second-order valence-corrected chi connectivity index (χ2v) is 5.41. The van der Waals surface area contributed by atoms with Crippen LogP contribution >= 0.6 is 0 Å². The normalized spacial score (nSPS) is 24.3. The molecule has 1 unspecified atom stereocenters. The molecule has 6 nitrogen and oxygen atoms in total. The van der Waals surface area contributed by atoms with Gasteiger partial charge in [0.2, 0.25) is 11.8 Å². The summed E-state index contributed by atoms with van der Waals surface area (Å²) in [5.74, 6) is -0.938. The number of amides is 2. The maximum atomic E-state index is 12.3. The zero-order chi connectivity index (χ0) is 14.0. The van der Waals surface area contributed by atoms with Gasteiger partial charge in [0.15, 0.2) is 0 Å². The van der Waals surface area contributed by atoms with E-state index in [1.807, 2.05) is 0 Å². The van der Waals surface area contributed by atoms with Crippen LogP contribution in [-0.2, 0) is 14.4 Å². The largest absolute Gasteiger partial charge is 0.481 e. The molecule has 2 aliphatic rings. The zero-order valence-electron chi connectivity index (χ0n) is 11.2. The molecule has 106 valence electrons. The SMILES string of the molecule is CC(=O)N1CCN(CC2CCC2)C(=O)C1CC(=O)O. The third kappa shape index (κ3) is 3.05. The molecule has 1 saturated carbocycles. The van der Waals surface area contributed by atoms with Crippen molar-refractivity contribution in [2.45, 2.75) is 38.6 Å². The van der Waals surface area contributed by atoms with E-state index in [2.05, 4.69) is 0 Å². The van der Waals surface area contributed by atoms with E-state index in [1.165, 1.54) is 18.2 Å². The van der Waals surface area contributed by atoms with Crippen LogP contribution in [0.25, 0.3) is 0 Å². The number of piperazine rings is 1. The van der Waals surface area contributed by atoms with Crippen molar-refractivity contribution in [3.63, 3.8) is 0 Å². The molecule has 0 radical (unpaired) electrons. The Morgan fingerprint density at radius 2 is 2.00 bits per heavy atom. The van der Waals surface area contributed by atoms with Gasteiger partial charge in [-0.3, -0.25) is 14.4 Å². The number of rotatable bonds is 4. The highest BCUT2D eigenvalue weighted by Crippen LogP contribution is 2.28.